The predicted molar refractivity (Wildman–Crippen MR) is 113 cm³/mol. The first-order valence-corrected chi connectivity index (χ1v) is 10.1. The zero-order valence-corrected chi connectivity index (χ0v) is 17.9. The van der Waals surface area contributed by atoms with Crippen LogP contribution in [0.5, 0.6) is 0 Å². The highest BCUT2D eigenvalue weighted by Crippen LogP contribution is 2.24. The minimum absolute atomic E-state index is 0.00196. The highest BCUT2D eigenvalue weighted by molar-refractivity contribution is 14.1. The number of halogens is 5. The van der Waals surface area contributed by atoms with Gasteiger partial charge >= 0.3 is 12.1 Å². The van der Waals surface area contributed by atoms with Gasteiger partial charge in [0.15, 0.2) is 0 Å². The lowest BCUT2D eigenvalue weighted by Gasteiger charge is -2.36. The van der Waals surface area contributed by atoms with Crippen LogP contribution in [0.4, 0.5) is 24.5 Å². The van der Waals surface area contributed by atoms with Crippen LogP contribution in [0.15, 0.2) is 42.5 Å². The van der Waals surface area contributed by atoms with E-state index in [4.69, 9.17) is 11.6 Å². The Morgan fingerprint density at radius 3 is 2.21 bits per heavy atom. The number of nitrogens with zero attached hydrogens (tertiary/aromatic N) is 2. The van der Waals surface area contributed by atoms with Crippen LogP contribution in [0.3, 0.4) is 0 Å². The Bertz CT molecular complexity index is 914. The number of amides is 2. The standard InChI is InChI=1S/C19H16ClF3IN3O2/c20-16-6-1-12(24)11-15(16)17(28)25-13-2-4-14(5-3-13)26-7-9-27(10-8-26)18(29)19(21,22)23/h1-6,11H,7-10H2,(H,25,28). The normalized spacial score (nSPS) is 14.7. The molecule has 5 nitrogen and oxygen atoms in total. The molecule has 2 aromatic carbocycles. The van der Waals surface area contributed by atoms with Gasteiger partial charge in [-0.3, -0.25) is 9.59 Å². The molecule has 0 aliphatic carbocycles. The average molecular weight is 538 g/mol. The third-order valence-electron chi connectivity index (χ3n) is 4.47. The van der Waals surface area contributed by atoms with Gasteiger partial charge in [-0.25, -0.2) is 0 Å². The minimum Gasteiger partial charge on any atom is -0.368 e. The number of carbonyl (C=O) groups excluding carboxylic acids is 2. The number of nitrogens with one attached hydrogen (secondary N) is 1. The van der Waals surface area contributed by atoms with Crippen LogP contribution in [0, 0.1) is 3.57 Å². The molecule has 0 bridgehead atoms. The van der Waals surface area contributed by atoms with E-state index < -0.39 is 12.1 Å². The number of anilines is 2. The third kappa shape index (κ3) is 5.33. The number of carbonyl (C=O) groups is 2. The lowest BCUT2D eigenvalue weighted by molar-refractivity contribution is -0.185. The first-order valence-electron chi connectivity index (χ1n) is 8.62. The van der Waals surface area contributed by atoms with Gasteiger partial charge in [0.05, 0.1) is 10.6 Å². The van der Waals surface area contributed by atoms with Gasteiger partial charge in [0.1, 0.15) is 0 Å². The molecule has 0 spiro atoms. The smallest absolute Gasteiger partial charge is 0.368 e. The first kappa shape index (κ1) is 21.7. The molecule has 0 atom stereocenters. The molecule has 1 saturated heterocycles. The summed E-state index contributed by atoms with van der Waals surface area (Å²) in [6.45, 7) is 0.598. The van der Waals surface area contributed by atoms with Crippen LogP contribution in [0.2, 0.25) is 5.02 Å². The second-order valence-electron chi connectivity index (χ2n) is 6.40. The van der Waals surface area contributed by atoms with Gasteiger partial charge < -0.3 is 15.1 Å². The predicted octanol–water partition coefficient (Wildman–Crippen LogP) is 4.41. The largest absolute Gasteiger partial charge is 0.471 e. The molecule has 2 aromatic rings. The van der Waals surface area contributed by atoms with Crippen molar-refractivity contribution < 1.29 is 22.8 Å². The van der Waals surface area contributed by atoms with Crippen LogP contribution in [0.25, 0.3) is 0 Å². The van der Waals surface area contributed by atoms with Crippen molar-refractivity contribution in [2.24, 2.45) is 0 Å². The van der Waals surface area contributed by atoms with Gasteiger partial charge in [-0.05, 0) is 65.1 Å². The molecule has 1 aliphatic rings. The van der Waals surface area contributed by atoms with Crippen molar-refractivity contribution >= 4 is 57.4 Å². The van der Waals surface area contributed by atoms with Gasteiger partial charge in [0.2, 0.25) is 0 Å². The summed E-state index contributed by atoms with van der Waals surface area (Å²) in [7, 11) is 0. The molecule has 0 radical (unpaired) electrons. The molecule has 1 heterocycles. The Hall–Kier alpha value is -2.01. The SMILES string of the molecule is O=C(Nc1ccc(N2CCN(C(=O)C(F)(F)F)CC2)cc1)c1cc(I)ccc1Cl. The van der Waals surface area contributed by atoms with Crippen LogP contribution >= 0.6 is 34.2 Å². The maximum Gasteiger partial charge on any atom is 0.471 e. The van der Waals surface area contributed by atoms with Gasteiger partial charge in [-0.2, -0.15) is 13.2 Å². The van der Waals surface area contributed by atoms with E-state index in [0.29, 0.717) is 29.4 Å². The van der Waals surface area contributed by atoms with Gasteiger partial charge in [-0.1, -0.05) is 11.6 Å². The Morgan fingerprint density at radius 1 is 1.00 bits per heavy atom. The molecular weight excluding hydrogens is 522 g/mol. The fourth-order valence-electron chi connectivity index (χ4n) is 2.97. The van der Waals surface area contributed by atoms with Crippen molar-refractivity contribution in [2.45, 2.75) is 6.18 Å². The van der Waals surface area contributed by atoms with Crippen LogP contribution in [-0.2, 0) is 4.79 Å². The summed E-state index contributed by atoms with van der Waals surface area (Å²) in [5.74, 6) is -2.13. The molecule has 0 aromatic heterocycles. The minimum atomic E-state index is -4.85. The monoisotopic (exact) mass is 537 g/mol. The fourth-order valence-corrected chi connectivity index (χ4v) is 3.67. The van der Waals surface area contributed by atoms with E-state index >= 15 is 0 Å². The fraction of sp³-hybridized carbons (Fsp3) is 0.263. The van der Waals surface area contributed by atoms with Crippen molar-refractivity contribution in [1.29, 1.82) is 0 Å². The molecule has 10 heteroatoms. The maximum atomic E-state index is 12.5. The molecule has 0 unspecified atom stereocenters. The summed E-state index contributed by atoms with van der Waals surface area (Å²) in [6.07, 6.45) is -4.85. The number of rotatable bonds is 3. The molecule has 2 amide bonds. The molecule has 3 rings (SSSR count). The number of alkyl halides is 3. The first-order chi connectivity index (χ1) is 13.6. The quantitative estimate of drug-likeness (QED) is 0.591. The number of piperazine rings is 1. The zero-order valence-electron chi connectivity index (χ0n) is 15.0. The Labute approximate surface area is 183 Å². The van der Waals surface area contributed by atoms with E-state index in [9.17, 15) is 22.8 Å². The second-order valence-corrected chi connectivity index (χ2v) is 8.06. The molecule has 1 aliphatic heterocycles. The lowest BCUT2D eigenvalue weighted by Crippen LogP contribution is -2.52. The van der Waals surface area contributed by atoms with E-state index in [0.717, 1.165) is 14.2 Å². The van der Waals surface area contributed by atoms with E-state index in [1.165, 1.54) is 0 Å². The van der Waals surface area contributed by atoms with E-state index in [1.54, 1.807) is 42.5 Å². The summed E-state index contributed by atoms with van der Waals surface area (Å²) in [5, 5.41) is 3.12. The van der Waals surface area contributed by atoms with Crippen molar-refractivity contribution in [3.05, 3.63) is 56.6 Å². The number of hydrogen-bond acceptors (Lipinski definition) is 3. The van der Waals surface area contributed by atoms with Crippen molar-refractivity contribution in [1.82, 2.24) is 4.90 Å². The third-order valence-corrected chi connectivity index (χ3v) is 5.47. The van der Waals surface area contributed by atoms with Crippen LogP contribution < -0.4 is 10.2 Å². The summed E-state index contributed by atoms with van der Waals surface area (Å²) < 4.78 is 38.5. The average Bonchev–Trinajstić information content (AvgIpc) is 2.69. The molecule has 154 valence electrons. The molecule has 0 saturated carbocycles. The van der Waals surface area contributed by atoms with Crippen LogP contribution in [-0.4, -0.2) is 49.1 Å². The van der Waals surface area contributed by atoms with Gasteiger partial charge in [-0.15, -0.1) is 0 Å². The molecular formula is C19H16ClF3IN3O2. The number of benzene rings is 2. The van der Waals surface area contributed by atoms with Crippen molar-refractivity contribution in [3.63, 3.8) is 0 Å². The lowest BCUT2D eigenvalue weighted by atomic mass is 10.2. The van der Waals surface area contributed by atoms with Crippen molar-refractivity contribution in [3.8, 4) is 0 Å². The second kappa shape index (κ2) is 8.78. The maximum absolute atomic E-state index is 12.5. The van der Waals surface area contributed by atoms with Gasteiger partial charge in [0.25, 0.3) is 5.91 Å². The van der Waals surface area contributed by atoms with Crippen LogP contribution in [0.1, 0.15) is 10.4 Å². The summed E-state index contributed by atoms with van der Waals surface area (Å²) in [5.41, 5.74) is 1.74. The Balaban J connectivity index is 1.60. The summed E-state index contributed by atoms with van der Waals surface area (Å²) >= 11 is 8.17. The number of hydrogen-bond donors (Lipinski definition) is 1. The summed E-state index contributed by atoms with van der Waals surface area (Å²) in [4.78, 5) is 26.4. The summed E-state index contributed by atoms with van der Waals surface area (Å²) in [6, 6.07) is 12.1. The highest BCUT2D eigenvalue weighted by Gasteiger charge is 2.43. The molecule has 29 heavy (non-hydrogen) atoms. The van der Waals surface area contributed by atoms with E-state index in [-0.39, 0.29) is 19.0 Å². The Kier molecular flexibility index (Phi) is 6.57. The Morgan fingerprint density at radius 2 is 1.62 bits per heavy atom. The van der Waals surface area contributed by atoms with E-state index in [1.807, 2.05) is 4.90 Å². The molecule has 1 N–H and O–H groups in total. The topological polar surface area (TPSA) is 52.7 Å². The van der Waals surface area contributed by atoms with Gasteiger partial charge in [0, 0.05) is 41.1 Å². The molecule has 1 fully saturated rings. The zero-order chi connectivity index (χ0) is 21.2. The highest BCUT2D eigenvalue weighted by atomic mass is 127. The van der Waals surface area contributed by atoms with Crippen molar-refractivity contribution in [2.75, 3.05) is 36.4 Å². The van der Waals surface area contributed by atoms with E-state index in [2.05, 4.69) is 27.9 Å².